The van der Waals surface area contributed by atoms with Gasteiger partial charge in [0.1, 0.15) is 11.6 Å². The molecular formula is C16H14ClF2N. The van der Waals surface area contributed by atoms with Gasteiger partial charge in [0.05, 0.1) is 5.02 Å². The molecule has 0 radical (unpaired) electrons. The largest absolute Gasteiger partial charge is 0.315 e. The number of halogens is 3. The first-order valence-electron chi connectivity index (χ1n) is 6.50. The fourth-order valence-electron chi connectivity index (χ4n) is 2.70. The monoisotopic (exact) mass is 293 g/mol. The summed E-state index contributed by atoms with van der Waals surface area (Å²) in [7, 11) is 0. The van der Waals surface area contributed by atoms with E-state index in [4.69, 9.17) is 11.6 Å². The maximum absolute atomic E-state index is 13.5. The highest BCUT2D eigenvalue weighted by atomic mass is 35.5. The molecule has 2 aromatic rings. The first kappa shape index (κ1) is 13.5. The number of hydrogen-bond acceptors (Lipinski definition) is 1. The van der Waals surface area contributed by atoms with Crippen LogP contribution in [0.15, 0.2) is 42.5 Å². The zero-order chi connectivity index (χ0) is 14.2. The van der Waals surface area contributed by atoms with E-state index in [1.807, 2.05) is 18.2 Å². The summed E-state index contributed by atoms with van der Waals surface area (Å²) in [5, 5.41) is 3.38. The summed E-state index contributed by atoms with van der Waals surface area (Å²) in [5.74, 6) is -0.639. The molecule has 1 aliphatic rings. The van der Waals surface area contributed by atoms with Gasteiger partial charge < -0.3 is 5.32 Å². The van der Waals surface area contributed by atoms with E-state index in [1.54, 1.807) is 6.07 Å². The fraction of sp³-hybridized carbons (Fsp3) is 0.250. The fourth-order valence-corrected chi connectivity index (χ4v) is 2.82. The second-order valence-corrected chi connectivity index (χ2v) is 5.72. The van der Waals surface area contributed by atoms with Crippen molar-refractivity contribution < 1.29 is 8.78 Å². The molecule has 0 saturated carbocycles. The van der Waals surface area contributed by atoms with Crippen LogP contribution < -0.4 is 5.32 Å². The number of rotatable bonds is 3. The first-order valence-corrected chi connectivity index (χ1v) is 6.88. The van der Waals surface area contributed by atoms with Crippen LogP contribution in [0.3, 0.4) is 0 Å². The molecule has 1 nitrogen and oxygen atoms in total. The summed E-state index contributed by atoms with van der Waals surface area (Å²) >= 11 is 5.71. The van der Waals surface area contributed by atoms with Gasteiger partial charge in [0.15, 0.2) is 0 Å². The lowest BCUT2D eigenvalue weighted by Crippen LogP contribution is -2.58. The minimum atomic E-state index is -0.397. The summed E-state index contributed by atoms with van der Waals surface area (Å²) < 4.78 is 26.6. The zero-order valence-corrected chi connectivity index (χ0v) is 11.6. The van der Waals surface area contributed by atoms with Crippen LogP contribution in [0.1, 0.15) is 11.1 Å². The number of nitrogens with one attached hydrogen (secondary N) is 1. The molecule has 1 saturated heterocycles. The zero-order valence-electron chi connectivity index (χ0n) is 10.8. The van der Waals surface area contributed by atoms with Gasteiger partial charge in [-0.05, 0) is 41.8 Å². The van der Waals surface area contributed by atoms with E-state index in [0.29, 0.717) is 6.42 Å². The van der Waals surface area contributed by atoms with Crippen LogP contribution >= 0.6 is 11.6 Å². The molecular weight excluding hydrogens is 280 g/mol. The molecule has 20 heavy (non-hydrogen) atoms. The lowest BCUT2D eigenvalue weighted by atomic mass is 9.71. The molecule has 1 aliphatic heterocycles. The Balaban J connectivity index is 1.89. The molecule has 0 spiro atoms. The van der Waals surface area contributed by atoms with E-state index in [9.17, 15) is 8.78 Å². The van der Waals surface area contributed by atoms with Gasteiger partial charge in [0, 0.05) is 18.5 Å². The molecule has 4 heteroatoms. The van der Waals surface area contributed by atoms with Gasteiger partial charge in [-0.25, -0.2) is 8.78 Å². The third-order valence-electron chi connectivity index (χ3n) is 3.91. The van der Waals surface area contributed by atoms with Crippen LogP contribution in [0.25, 0.3) is 0 Å². The van der Waals surface area contributed by atoms with Crippen molar-refractivity contribution in [2.24, 2.45) is 0 Å². The summed E-state index contributed by atoms with van der Waals surface area (Å²) in [6, 6.07) is 11.5. The third kappa shape index (κ3) is 2.43. The Morgan fingerprint density at radius 1 is 1.05 bits per heavy atom. The minimum absolute atomic E-state index is 0.0893. The summed E-state index contributed by atoms with van der Waals surface area (Å²) in [4.78, 5) is 0. The first-order chi connectivity index (χ1) is 9.59. The van der Waals surface area contributed by atoms with Crippen molar-refractivity contribution >= 4 is 11.6 Å². The maximum atomic E-state index is 13.5. The lowest BCUT2D eigenvalue weighted by Gasteiger charge is -2.43. The molecule has 3 rings (SSSR count). The molecule has 0 aliphatic carbocycles. The molecule has 0 atom stereocenters. The maximum Gasteiger partial charge on any atom is 0.142 e. The molecule has 2 aromatic carbocycles. The Bertz CT molecular complexity index is 621. The van der Waals surface area contributed by atoms with Crippen LogP contribution in [0.2, 0.25) is 5.02 Å². The molecule has 0 unspecified atom stereocenters. The van der Waals surface area contributed by atoms with Crippen molar-refractivity contribution in [3.8, 4) is 0 Å². The van der Waals surface area contributed by atoms with Crippen molar-refractivity contribution in [2.75, 3.05) is 13.1 Å². The SMILES string of the molecule is Fc1ccc(C2(Cc3ccc(Cl)c(F)c3)CNC2)cc1. The van der Waals surface area contributed by atoms with Crippen molar-refractivity contribution in [3.63, 3.8) is 0 Å². The van der Waals surface area contributed by atoms with Gasteiger partial charge in [-0.2, -0.15) is 0 Å². The lowest BCUT2D eigenvalue weighted by molar-refractivity contribution is 0.274. The molecule has 1 fully saturated rings. The van der Waals surface area contributed by atoms with Crippen LogP contribution in [0, 0.1) is 11.6 Å². The molecule has 104 valence electrons. The van der Waals surface area contributed by atoms with Gasteiger partial charge in [0.2, 0.25) is 0 Å². The van der Waals surface area contributed by atoms with Crippen molar-refractivity contribution in [2.45, 2.75) is 11.8 Å². The Labute approximate surface area is 121 Å². The highest BCUT2D eigenvalue weighted by Gasteiger charge is 2.38. The van der Waals surface area contributed by atoms with Crippen LogP contribution in [0.4, 0.5) is 8.78 Å². The summed E-state index contributed by atoms with van der Waals surface area (Å²) in [6.45, 7) is 1.62. The smallest absolute Gasteiger partial charge is 0.142 e. The molecule has 0 amide bonds. The third-order valence-corrected chi connectivity index (χ3v) is 4.22. The van der Waals surface area contributed by atoms with E-state index in [-0.39, 0.29) is 16.3 Å². The van der Waals surface area contributed by atoms with Gasteiger partial charge >= 0.3 is 0 Å². The van der Waals surface area contributed by atoms with Crippen molar-refractivity contribution in [1.29, 1.82) is 0 Å². The average molecular weight is 294 g/mol. The normalized spacial score (nSPS) is 16.8. The van der Waals surface area contributed by atoms with Crippen LogP contribution in [-0.2, 0) is 11.8 Å². The Morgan fingerprint density at radius 2 is 1.75 bits per heavy atom. The van der Waals surface area contributed by atoms with Crippen molar-refractivity contribution in [3.05, 3.63) is 70.2 Å². The van der Waals surface area contributed by atoms with Crippen LogP contribution in [0.5, 0.6) is 0 Å². The van der Waals surface area contributed by atoms with Crippen LogP contribution in [-0.4, -0.2) is 13.1 Å². The highest BCUT2D eigenvalue weighted by Crippen LogP contribution is 2.33. The Hall–Kier alpha value is -1.45. The topological polar surface area (TPSA) is 12.0 Å². The Kier molecular flexibility index (Phi) is 3.48. The van der Waals surface area contributed by atoms with E-state index >= 15 is 0 Å². The van der Waals surface area contributed by atoms with Gasteiger partial charge in [-0.3, -0.25) is 0 Å². The van der Waals surface area contributed by atoms with E-state index < -0.39 is 5.82 Å². The van der Waals surface area contributed by atoms with Crippen molar-refractivity contribution in [1.82, 2.24) is 5.32 Å². The number of benzene rings is 2. The Morgan fingerprint density at radius 3 is 2.30 bits per heavy atom. The van der Waals surface area contributed by atoms with E-state index in [2.05, 4.69) is 5.32 Å². The second-order valence-electron chi connectivity index (χ2n) is 5.32. The standard InChI is InChI=1S/C16H14ClF2N/c17-14-6-1-11(7-15(14)19)8-16(9-20-10-16)12-2-4-13(18)5-3-12/h1-7,20H,8-10H2. The predicted octanol–water partition coefficient (Wildman–Crippen LogP) is 3.70. The summed E-state index contributed by atoms with van der Waals surface area (Å²) in [6.07, 6.45) is 0.708. The molecule has 0 aromatic heterocycles. The number of hydrogen-bond donors (Lipinski definition) is 1. The molecule has 1 heterocycles. The van der Waals surface area contributed by atoms with Gasteiger partial charge in [-0.15, -0.1) is 0 Å². The quantitative estimate of drug-likeness (QED) is 0.910. The molecule has 0 bridgehead atoms. The second kappa shape index (κ2) is 5.15. The summed E-state index contributed by atoms with van der Waals surface area (Å²) in [5.41, 5.74) is 1.89. The minimum Gasteiger partial charge on any atom is -0.315 e. The van der Waals surface area contributed by atoms with E-state index in [1.165, 1.54) is 18.2 Å². The van der Waals surface area contributed by atoms with Gasteiger partial charge in [0.25, 0.3) is 0 Å². The highest BCUT2D eigenvalue weighted by molar-refractivity contribution is 6.30. The average Bonchev–Trinajstić information content (AvgIpc) is 2.39. The molecule has 1 N–H and O–H groups in total. The predicted molar refractivity (Wildman–Crippen MR) is 76.1 cm³/mol. The van der Waals surface area contributed by atoms with E-state index in [0.717, 1.165) is 24.2 Å². The van der Waals surface area contributed by atoms with Gasteiger partial charge in [-0.1, -0.05) is 29.8 Å².